The van der Waals surface area contributed by atoms with Gasteiger partial charge in [0.25, 0.3) is 0 Å². The molecular weight excluding hydrogens is 474 g/mol. The number of anilines is 1. The molecule has 0 spiro atoms. The molecule has 2 saturated carbocycles. The lowest BCUT2D eigenvalue weighted by Crippen LogP contribution is -2.47. The first-order valence-corrected chi connectivity index (χ1v) is 14.0. The maximum atomic E-state index is 14.0. The van der Waals surface area contributed by atoms with Crippen molar-refractivity contribution < 1.29 is 19.4 Å². The average Bonchev–Trinajstić information content (AvgIpc) is 3.28. The fourth-order valence-corrected chi connectivity index (χ4v) is 6.37. The van der Waals surface area contributed by atoms with E-state index in [4.69, 9.17) is 4.74 Å². The van der Waals surface area contributed by atoms with Gasteiger partial charge in [0.05, 0.1) is 11.4 Å². The van der Waals surface area contributed by atoms with Crippen LogP contribution in [-0.2, 0) is 10.2 Å². The van der Waals surface area contributed by atoms with E-state index in [9.17, 15) is 14.7 Å². The molecule has 0 atom stereocenters. The van der Waals surface area contributed by atoms with Crippen LogP contribution in [0.15, 0.2) is 18.2 Å². The van der Waals surface area contributed by atoms with E-state index in [0.717, 1.165) is 61.9 Å². The number of hydrogen-bond donors (Lipinski definition) is 1. The summed E-state index contributed by atoms with van der Waals surface area (Å²) in [4.78, 5) is 29.5. The normalized spacial score (nSPS) is 24.8. The summed E-state index contributed by atoms with van der Waals surface area (Å²) in [6, 6.07) is 5.65. The van der Waals surface area contributed by atoms with Gasteiger partial charge < -0.3 is 14.7 Å². The Balaban J connectivity index is 1.59. The van der Waals surface area contributed by atoms with Crippen molar-refractivity contribution in [3.63, 3.8) is 0 Å². The topological polar surface area (TPSA) is 92.6 Å². The highest BCUT2D eigenvalue weighted by Crippen LogP contribution is 2.42. The van der Waals surface area contributed by atoms with E-state index >= 15 is 0 Å². The van der Waals surface area contributed by atoms with E-state index in [2.05, 4.69) is 37.9 Å². The second-order valence-electron chi connectivity index (χ2n) is 11.6. The first-order valence-electron chi connectivity index (χ1n) is 13.2. The Labute approximate surface area is 218 Å². The monoisotopic (exact) mass is 513 g/mol. The third-order valence-corrected chi connectivity index (χ3v) is 9.12. The standard InChI is InChI=1S/C28H39N3O4S/c1-17-6-9-19(10-7-17)26(32)31(22-16-23(28(3,4)5)36-25(22)27(33)34)20-11-13-21(14-12-20)35-24-15-8-18(2)29-30-24/h8,15-17,19-21H,6-7,9-14H2,1-5H3,(H,33,34). The lowest BCUT2D eigenvalue weighted by molar-refractivity contribution is -0.124. The summed E-state index contributed by atoms with van der Waals surface area (Å²) in [5, 5.41) is 18.3. The SMILES string of the molecule is Cc1ccc(OC2CCC(N(C(=O)C3CCC(C)CC3)c3cc(C(C)(C)C)sc3C(=O)O)CC2)nn1. The molecule has 0 unspecified atom stereocenters. The molecule has 2 aromatic heterocycles. The van der Waals surface area contributed by atoms with Crippen molar-refractivity contribution >= 4 is 28.9 Å². The molecule has 1 N–H and O–H groups in total. The van der Waals surface area contributed by atoms with Gasteiger partial charge in [-0.05, 0) is 81.8 Å². The molecule has 0 saturated heterocycles. The van der Waals surface area contributed by atoms with Crippen LogP contribution in [0.2, 0.25) is 0 Å². The van der Waals surface area contributed by atoms with Gasteiger partial charge in [-0.1, -0.05) is 27.7 Å². The summed E-state index contributed by atoms with van der Waals surface area (Å²) in [6.45, 7) is 10.4. The number of carboxylic acids is 1. The van der Waals surface area contributed by atoms with Crippen LogP contribution in [0.25, 0.3) is 0 Å². The molecule has 7 nitrogen and oxygen atoms in total. The number of carbonyl (C=O) groups is 2. The molecule has 36 heavy (non-hydrogen) atoms. The molecule has 0 aromatic carbocycles. The number of carbonyl (C=O) groups excluding carboxylic acids is 1. The number of carboxylic acid groups (broad SMARTS) is 1. The number of aromatic carboxylic acids is 1. The van der Waals surface area contributed by atoms with Gasteiger partial charge in [0.1, 0.15) is 11.0 Å². The number of nitrogens with zero attached hydrogens (tertiary/aromatic N) is 3. The van der Waals surface area contributed by atoms with E-state index in [1.165, 1.54) is 11.3 Å². The van der Waals surface area contributed by atoms with Crippen LogP contribution < -0.4 is 9.64 Å². The van der Waals surface area contributed by atoms with E-state index in [1.807, 2.05) is 30.0 Å². The van der Waals surface area contributed by atoms with Gasteiger partial charge >= 0.3 is 5.97 Å². The largest absolute Gasteiger partial charge is 0.477 e. The molecule has 2 aliphatic rings. The third kappa shape index (κ3) is 6.07. The minimum Gasteiger partial charge on any atom is -0.477 e. The summed E-state index contributed by atoms with van der Waals surface area (Å²) >= 11 is 1.30. The van der Waals surface area contributed by atoms with Gasteiger partial charge in [0.2, 0.25) is 11.8 Å². The van der Waals surface area contributed by atoms with Gasteiger partial charge in [0.15, 0.2) is 0 Å². The minimum atomic E-state index is -0.962. The van der Waals surface area contributed by atoms with Crippen LogP contribution in [0.5, 0.6) is 5.88 Å². The molecule has 8 heteroatoms. The fourth-order valence-electron chi connectivity index (χ4n) is 5.32. The Kier molecular flexibility index (Phi) is 8.03. The number of ether oxygens (including phenoxy) is 1. The van der Waals surface area contributed by atoms with E-state index in [-0.39, 0.29) is 34.3 Å². The molecule has 0 bridgehead atoms. The van der Waals surface area contributed by atoms with Gasteiger partial charge in [-0.25, -0.2) is 4.79 Å². The minimum absolute atomic E-state index is 0.0114. The van der Waals surface area contributed by atoms with Crippen LogP contribution >= 0.6 is 11.3 Å². The van der Waals surface area contributed by atoms with Crippen LogP contribution in [0.4, 0.5) is 5.69 Å². The molecule has 0 radical (unpaired) electrons. The summed E-state index contributed by atoms with van der Waals surface area (Å²) in [5.74, 6) is 0.252. The molecule has 2 aromatic rings. The Morgan fingerprint density at radius 3 is 2.25 bits per heavy atom. The Morgan fingerprint density at radius 2 is 1.69 bits per heavy atom. The first kappa shape index (κ1) is 26.6. The highest BCUT2D eigenvalue weighted by atomic mass is 32.1. The first-order chi connectivity index (χ1) is 17.0. The molecule has 0 aliphatic heterocycles. The fraction of sp³-hybridized carbons (Fsp3) is 0.643. The summed E-state index contributed by atoms with van der Waals surface area (Å²) < 4.78 is 6.07. The molecule has 2 fully saturated rings. The number of amides is 1. The molecule has 4 rings (SSSR count). The number of aromatic nitrogens is 2. The van der Waals surface area contributed by atoms with Crippen LogP contribution in [0.1, 0.15) is 99.3 Å². The van der Waals surface area contributed by atoms with Crippen molar-refractivity contribution in [3.05, 3.63) is 33.6 Å². The quantitative estimate of drug-likeness (QED) is 0.481. The van der Waals surface area contributed by atoms with Crippen molar-refractivity contribution in [2.45, 2.75) is 104 Å². The number of aryl methyl sites for hydroxylation is 1. The van der Waals surface area contributed by atoms with E-state index in [0.29, 0.717) is 17.5 Å². The Hall–Kier alpha value is -2.48. The van der Waals surface area contributed by atoms with E-state index < -0.39 is 5.97 Å². The highest BCUT2D eigenvalue weighted by molar-refractivity contribution is 7.14. The zero-order valence-corrected chi connectivity index (χ0v) is 22.9. The summed E-state index contributed by atoms with van der Waals surface area (Å²) in [6.07, 6.45) is 6.94. The molecule has 2 aliphatic carbocycles. The van der Waals surface area contributed by atoms with Gasteiger partial charge in [-0.3, -0.25) is 4.79 Å². The third-order valence-electron chi connectivity index (χ3n) is 7.58. The highest BCUT2D eigenvalue weighted by Gasteiger charge is 2.38. The average molecular weight is 514 g/mol. The second-order valence-corrected chi connectivity index (χ2v) is 12.7. The zero-order chi connectivity index (χ0) is 26.0. The van der Waals surface area contributed by atoms with Crippen LogP contribution in [0, 0.1) is 18.8 Å². The van der Waals surface area contributed by atoms with E-state index in [1.54, 1.807) is 0 Å². The van der Waals surface area contributed by atoms with Gasteiger partial charge in [-0.2, -0.15) is 5.10 Å². The smallest absolute Gasteiger partial charge is 0.348 e. The van der Waals surface area contributed by atoms with Crippen molar-refractivity contribution in [3.8, 4) is 5.88 Å². The number of hydrogen-bond acceptors (Lipinski definition) is 6. The molecular formula is C28H39N3O4S. The number of rotatable bonds is 6. The van der Waals surface area contributed by atoms with Crippen molar-refractivity contribution in [1.29, 1.82) is 0 Å². The van der Waals surface area contributed by atoms with Crippen molar-refractivity contribution in [2.75, 3.05) is 4.90 Å². The number of thiophene rings is 1. The van der Waals surface area contributed by atoms with Crippen molar-refractivity contribution in [2.24, 2.45) is 11.8 Å². The predicted molar refractivity (Wildman–Crippen MR) is 142 cm³/mol. The predicted octanol–water partition coefficient (Wildman–Crippen LogP) is 6.39. The molecule has 2 heterocycles. The van der Waals surface area contributed by atoms with Crippen LogP contribution in [0.3, 0.4) is 0 Å². The molecule has 196 valence electrons. The maximum absolute atomic E-state index is 14.0. The molecule has 1 amide bonds. The lowest BCUT2D eigenvalue weighted by Gasteiger charge is -2.39. The second kappa shape index (κ2) is 10.9. The van der Waals surface area contributed by atoms with Crippen molar-refractivity contribution in [1.82, 2.24) is 10.2 Å². The Morgan fingerprint density at radius 1 is 1.03 bits per heavy atom. The summed E-state index contributed by atoms with van der Waals surface area (Å²) in [5.41, 5.74) is 1.23. The van der Waals surface area contributed by atoms with Crippen LogP contribution in [-0.4, -0.2) is 39.3 Å². The lowest BCUT2D eigenvalue weighted by atomic mass is 9.81. The Bertz CT molecular complexity index is 1060. The van der Waals surface area contributed by atoms with Gasteiger partial charge in [0, 0.05) is 22.9 Å². The zero-order valence-electron chi connectivity index (χ0n) is 22.1. The maximum Gasteiger partial charge on any atom is 0.348 e. The summed E-state index contributed by atoms with van der Waals surface area (Å²) in [7, 11) is 0. The van der Waals surface area contributed by atoms with Gasteiger partial charge in [-0.15, -0.1) is 16.4 Å².